The molecule has 0 aliphatic carbocycles. The van der Waals surface area contributed by atoms with Crippen LogP contribution in [0.5, 0.6) is 0 Å². The number of hydrogen-bond acceptors (Lipinski definition) is 3. The van der Waals surface area contributed by atoms with Crippen LogP contribution in [-0.4, -0.2) is 14.7 Å². The average molecular weight is 215 g/mol. The van der Waals surface area contributed by atoms with E-state index in [0.717, 1.165) is 5.39 Å². The third-order valence-electron chi connectivity index (χ3n) is 2.40. The van der Waals surface area contributed by atoms with Crippen molar-refractivity contribution >= 4 is 16.6 Å². The van der Waals surface area contributed by atoms with Gasteiger partial charge < -0.3 is 0 Å². The highest BCUT2D eigenvalue weighted by molar-refractivity contribution is 5.81. The zero-order chi connectivity index (χ0) is 11.7. The monoisotopic (exact) mass is 215 g/mol. The Hall–Kier alpha value is -2.35. The summed E-state index contributed by atoms with van der Waals surface area (Å²) < 4.78 is 1.60. The predicted molar refractivity (Wildman–Crippen MR) is 59.9 cm³/mol. The van der Waals surface area contributed by atoms with E-state index in [2.05, 4.69) is 11.0 Å². The van der Waals surface area contributed by atoms with E-state index in [0.29, 0.717) is 5.52 Å². The summed E-state index contributed by atoms with van der Waals surface area (Å²) in [5.74, 6) is 2.54. The van der Waals surface area contributed by atoms with Gasteiger partial charge in [0.1, 0.15) is 6.04 Å². The summed E-state index contributed by atoms with van der Waals surface area (Å²) in [6, 6.07) is 4.38. The van der Waals surface area contributed by atoms with Crippen molar-refractivity contribution < 1.29 is 4.92 Å². The lowest BCUT2D eigenvalue weighted by Crippen LogP contribution is -2.04. The van der Waals surface area contributed by atoms with Gasteiger partial charge in [-0.15, -0.1) is 6.42 Å². The third-order valence-corrected chi connectivity index (χ3v) is 2.40. The highest BCUT2D eigenvalue weighted by atomic mass is 16.6. The van der Waals surface area contributed by atoms with Crippen LogP contribution in [0.15, 0.2) is 24.4 Å². The maximum atomic E-state index is 10.7. The highest BCUT2D eigenvalue weighted by Crippen LogP contribution is 2.22. The summed E-state index contributed by atoms with van der Waals surface area (Å²) in [6.07, 6.45) is 6.95. The minimum Gasteiger partial charge on any atom is -0.258 e. The molecule has 0 fully saturated rings. The van der Waals surface area contributed by atoms with E-state index in [-0.39, 0.29) is 11.7 Å². The van der Waals surface area contributed by atoms with E-state index in [1.807, 2.05) is 6.92 Å². The van der Waals surface area contributed by atoms with Crippen LogP contribution in [0, 0.1) is 22.5 Å². The maximum absolute atomic E-state index is 10.7. The lowest BCUT2D eigenvalue weighted by atomic mass is 10.2. The quantitative estimate of drug-likeness (QED) is 0.438. The van der Waals surface area contributed by atoms with Crippen LogP contribution < -0.4 is 0 Å². The number of non-ortho nitro benzene ring substituents is 1. The van der Waals surface area contributed by atoms with Gasteiger partial charge in [-0.3, -0.25) is 10.1 Å². The standard InChI is InChI=1S/C11H9N3O2/c1-3-8(2)13-11-6-10(14(15)16)5-4-9(11)7-12-13/h1,4-8H,2H3/t8-/m1/s1. The van der Waals surface area contributed by atoms with Crippen molar-refractivity contribution in [3.05, 3.63) is 34.5 Å². The summed E-state index contributed by atoms with van der Waals surface area (Å²) in [5.41, 5.74) is 0.720. The van der Waals surface area contributed by atoms with Crippen molar-refractivity contribution in [3.63, 3.8) is 0 Å². The zero-order valence-electron chi connectivity index (χ0n) is 8.62. The summed E-state index contributed by atoms with van der Waals surface area (Å²) in [5, 5.41) is 15.6. The van der Waals surface area contributed by atoms with Gasteiger partial charge in [0.25, 0.3) is 5.69 Å². The zero-order valence-corrected chi connectivity index (χ0v) is 8.62. The molecule has 0 aliphatic heterocycles. The van der Waals surface area contributed by atoms with Crippen LogP contribution >= 0.6 is 0 Å². The summed E-state index contributed by atoms with van der Waals surface area (Å²) in [6.45, 7) is 1.81. The first-order valence-corrected chi connectivity index (χ1v) is 4.71. The van der Waals surface area contributed by atoms with Gasteiger partial charge in [0.05, 0.1) is 16.6 Å². The molecule has 2 rings (SSSR count). The molecule has 5 nitrogen and oxygen atoms in total. The topological polar surface area (TPSA) is 61.0 Å². The molecule has 1 atom stereocenters. The molecule has 2 aromatic rings. The largest absolute Gasteiger partial charge is 0.271 e. The van der Waals surface area contributed by atoms with Crippen LogP contribution in [0.3, 0.4) is 0 Å². The van der Waals surface area contributed by atoms with Crippen molar-refractivity contribution in [1.29, 1.82) is 0 Å². The number of aromatic nitrogens is 2. The fourth-order valence-electron chi connectivity index (χ4n) is 1.52. The molecule has 0 spiro atoms. The van der Waals surface area contributed by atoms with E-state index in [1.165, 1.54) is 12.1 Å². The molecule has 80 valence electrons. The second-order valence-corrected chi connectivity index (χ2v) is 3.43. The molecule has 5 heteroatoms. The molecule has 0 N–H and O–H groups in total. The van der Waals surface area contributed by atoms with Gasteiger partial charge in [-0.1, -0.05) is 5.92 Å². The molecule has 0 saturated heterocycles. The van der Waals surface area contributed by atoms with Crippen LogP contribution in [-0.2, 0) is 0 Å². The number of hydrogen-bond donors (Lipinski definition) is 0. The molecule has 0 unspecified atom stereocenters. The van der Waals surface area contributed by atoms with Gasteiger partial charge in [-0.25, -0.2) is 4.68 Å². The van der Waals surface area contributed by atoms with Crippen LogP contribution in [0.25, 0.3) is 10.9 Å². The SMILES string of the molecule is C#C[C@@H](C)n1ncc2ccc([N+](=O)[O-])cc21. The van der Waals surface area contributed by atoms with Crippen molar-refractivity contribution in [1.82, 2.24) is 9.78 Å². The molecular weight excluding hydrogens is 206 g/mol. The fraction of sp³-hybridized carbons (Fsp3) is 0.182. The number of rotatable bonds is 2. The Kier molecular flexibility index (Phi) is 2.33. The van der Waals surface area contributed by atoms with E-state index in [9.17, 15) is 10.1 Å². The Morgan fingerprint density at radius 1 is 1.62 bits per heavy atom. The Morgan fingerprint density at radius 3 is 3.00 bits per heavy atom. The number of benzene rings is 1. The predicted octanol–water partition coefficient (Wildman–Crippen LogP) is 2.14. The Morgan fingerprint density at radius 2 is 2.38 bits per heavy atom. The van der Waals surface area contributed by atoms with Gasteiger partial charge in [0, 0.05) is 17.5 Å². The lowest BCUT2D eigenvalue weighted by molar-refractivity contribution is -0.384. The number of nitro groups is 1. The molecule has 0 saturated carbocycles. The first-order chi connectivity index (χ1) is 7.63. The molecule has 0 radical (unpaired) electrons. The van der Waals surface area contributed by atoms with Crippen molar-refractivity contribution in [2.24, 2.45) is 0 Å². The van der Waals surface area contributed by atoms with Crippen molar-refractivity contribution in [3.8, 4) is 12.3 Å². The van der Waals surface area contributed by atoms with E-state index < -0.39 is 4.92 Å². The number of fused-ring (bicyclic) bond motifs is 1. The fourth-order valence-corrected chi connectivity index (χ4v) is 1.52. The molecule has 1 aromatic carbocycles. The first-order valence-electron chi connectivity index (χ1n) is 4.71. The minimum atomic E-state index is -0.433. The molecule has 1 heterocycles. The molecule has 0 amide bonds. The molecular formula is C11H9N3O2. The number of nitrogens with zero attached hydrogens (tertiary/aromatic N) is 3. The Labute approximate surface area is 91.8 Å². The maximum Gasteiger partial charge on any atom is 0.271 e. The van der Waals surface area contributed by atoms with E-state index >= 15 is 0 Å². The summed E-state index contributed by atoms with van der Waals surface area (Å²) >= 11 is 0. The van der Waals surface area contributed by atoms with Gasteiger partial charge in [0.2, 0.25) is 0 Å². The molecule has 0 aliphatic rings. The smallest absolute Gasteiger partial charge is 0.258 e. The minimum absolute atomic E-state index is 0.0403. The Balaban J connectivity index is 2.65. The normalized spacial score (nSPS) is 12.2. The second kappa shape index (κ2) is 3.66. The van der Waals surface area contributed by atoms with Gasteiger partial charge in [-0.2, -0.15) is 5.10 Å². The van der Waals surface area contributed by atoms with Crippen LogP contribution in [0.1, 0.15) is 13.0 Å². The lowest BCUT2D eigenvalue weighted by Gasteiger charge is -2.05. The Bertz CT molecular complexity index is 595. The van der Waals surface area contributed by atoms with Crippen molar-refractivity contribution in [2.45, 2.75) is 13.0 Å². The molecule has 0 bridgehead atoms. The molecule has 1 aromatic heterocycles. The van der Waals surface area contributed by atoms with Gasteiger partial charge in [-0.05, 0) is 13.0 Å². The van der Waals surface area contributed by atoms with Crippen molar-refractivity contribution in [2.75, 3.05) is 0 Å². The summed E-state index contributed by atoms with van der Waals surface area (Å²) in [4.78, 5) is 10.2. The third kappa shape index (κ3) is 1.50. The van der Waals surface area contributed by atoms with Crippen LogP contribution in [0.4, 0.5) is 5.69 Å². The van der Waals surface area contributed by atoms with Crippen LogP contribution in [0.2, 0.25) is 0 Å². The second-order valence-electron chi connectivity index (χ2n) is 3.43. The molecule has 16 heavy (non-hydrogen) atoms. The first kappa shape index (κ1) is 10.2. The van der Waals surface area contributed by atoms with Gasteiger partial charge >= 0.3 is 0 Å². The van der Waals surface area contributed by atoms with E-state index in [4.69, 9.17) is 6.42 Å². The number of terminal acetylenes is 1. The van der Waals surface area contributed by atoms with E-state index in [1.54, 1.807) is 16.9 Å². The highest BCUT2D eigenvalue weighted by Gasteiger charge is 2.12. The average Bonchev–Trinajstić information content (AvgIpc) is 2.70. The summed E-state index contributed by atoms with van der Waals surface area (Å²) in [7, 11) is 0. The number of nitro benzene ring substituents is 1. The van der Waals surface area contributed by atoms with Gasteiger partial charge in [0.15, 0.2) is 0 Å².